The van der Waals surface area contributed by atoms with Crippen LogP contribution >= 0.6 is 0 Å². The summed E-state index contributed by atoms with van der Waals surface area (Å²) in [6.45, 7) is 4.54. The lowest BCUT2D eigenvalue weighted by Crippen LogP contribution is -2.43. The number of rotatable bonds is 8. The summed E-state index contributed by atoms with van der Waals surface area (Å²) >= 11 is 0. The molecule has 2 rings (SSSR count). The first kappa shape index (κ1) is 20.1. The Bertz CT molecular complexity index is 581. The lowest BCUT2D eigenvalue weighted by Gasteiger charge is -2.29. The molecule has 6 nitrogen and oxygen atoms in total. The molecular weight excluding hydrogens is 328 g/mol. The Hall–Kier alpha value is -2.24. The Morgan fingerprint density at radius 3 is 2.50 bits per heavy atom. The monoisotopic (exact) mass is 360 g/mol. The largest absolute Gasteiger partial charge is 0.492 e. The summed E-state index contributed by atoms with van der Waals surface area (Å²) in [6.07, 6.45) is 4.04. The van der Waals surface area contributed by atoms with Gasteiger partial charge in [-0.15, -0.1) is 0 Å². The van der Waals surface area contributed by atoms with Crippen LogP contribution in [0.3, 0.4) is 0 Å². The van der Waals surface area contributed by atoms with Crippen molar-refractivity contribution in [2.75, 3.05) is 40.3 Å². The highest BCUT2D eigenvalue weighted by Gasteiger charge is 2.41. The van der Waals surface area contributed by atoms with E-state index in [1.165, 1.54) is 0 Å². The topological polar surface area (TPSA) is 66.0 Å². The lowest BCUT2D eigenvalue weighted by atomic mass is 9.85. The van der Waals surface area contributed by atoms with Crippen LogP contribution < -0.4 is 15.4 Å². The van der Waals surface area contributed by atoms with Gasteiger partial charge in [0.1, 0.15) is 12.4 Å². The molecule has 1 saturated carbocycles. The van der Waals surface area contributed by atoms with Crippen molar-refractivity contribution < 1.29 is 9.53 Å². The first-order chi connectivity index (χ1) is 12.6. The van der Waals surface area contributed by atoms with Crippen molar-refractivity contribution >= 4 is 11.9 Å². The minimum absolute atomic E-state index is 0.196. The smallest absolute Gasteiger partial charge is 0.230 e. The van der Waals surface area contributed by atoms with E-state index in [-0.39, 0.29) is 11.3 Å². The lowest BCUT2D eigenvalue weighted by molar-refractivity contribution is -0.138. The molecule has 0 saturated heterocycles. The Morgan fingerprint density at radius 1 is 1.19 bits per heavy atom. The highest BCUT2D eigenvalue weighted by atomic mass is 16.5. The molecule has 0 aliphatic heterocycles. The van der Waals surface area contributed by atoms with E-state index in [9.17, 15) is 4.79 Å². The van der Waals surface area contributed by atoms with Gasteiger partial charge in [0.05, 0.1) is 18.5 Å². The van der Waals surface area contributed by atoms with E-state index >= 15 is 0 Å². The zero-order valence-electron chi connectivity index (χ0n) is 16.3. The van der Waals surface area contributed by atoms with Gasteiger partial charge in [0.15, 0.2) is 5.96 Å². The minimum Gasteiger partial charge on any atom is -0.492 e. The van der Waals surface area contributed by atoms with Crippen LogP contribution in [-0.4, -0.2) is 57.1 Å². The van der Waals surface area contributed by atoms with Gasteiger partial charge >= 0.3 is 0 Å². The first-order valence-electron chi connectivity index (χ1n) is 9.49. The van der Waals surface area contributed by atoms with E-state index in [2.05, 4.69) is 10.6 Å². The number of amides is 1. The first-order valence-corrected chi connectivity index (χ1v) is 9.49. The molecule has 1 aliphatic rings. The molecule has 1 aliphatic carbocycles. The predicted molar refractivity (Wildman–Crippen MR) is 106 cm³/mol. The van der Waals surface area contributed by atoms with Crippen molar-refractivity contribution in [3.8, 4) is 5.75 Å². The molecule has 1 aromatic carbocycles. The van der Waals surface area contributed by atoms with Crippen LogP contribution in [0.2, 0.25) is 0 Å². The van der Waals surface area contributed by atoms with Gasteiger partial charge in [-0.3, -0.25) is 9.79 Å². The minimum atomic E-state index is -0.341. The fourth-order valence-corrected chi connectivity index (χ4v) is 3.39. The van der Waals surface area contributed by atoms with E-state index in [1.54, 1.807) is 4.90 Å². The van der Waals surface area contributed by atoms with Crippen LogP contribution in [0.15, 0.2) is 35.3 Å². The van der Waals surface area contributed by atoms with Crippen molar-refractivity contribution in [2.45, 2.75) is 32.6 Å². The maximum atomic E-state index is 12.7. The Balaban J connectivity index is 1.89. The zero-order chi connectivity index (χ0) is 18.8. The number of nitrogens with one attached hydrogen (secondary N) is 2. The summed E-state index contributed by atoms with van der Waals surface area (Å²) in [5.41, 5.74) is -0.341. The zero-order valence-corrected chi connectivity index (χ0v) is 16.3. The molecule has 0 bridgehead atoms. The molecule has 0 aromatic heterocycles. The van der Waals surface area contributed by atoms with E-state index in [4.69, 9.17) is 9.73 Å². The number of hydrogen-bond donors (Lipinski definition) is 2. The van der Waals surface area contributed by atoms with Crippen molar-refractivity contribution in [2.24, 2.45) is 10.4 Å². The Kier molecular flexibility index (Phi) is 7.75. The summed E-state index contributed by atoms with van der Waals surface area (Å²) in [4.78, 5) is 19.1. The van der Waals surface area contributed by atoms with E-state index in [1.807, 2.05) is 51.4 Å². The van der Waals surface area contributed by atoms with Gasteiger partial charge in [0.2, 0.25) is 5.91 Å². The molecule has 26 heavy (non-hydrogen) atoms. The molecule has 0 unspecified atom stereocenters. The van der Waals surface area contributed by atoms with Crippen molar-refractivity contribution in [1.82, 2.24) is 15.5 Å². The van der Waals surface area contributed by atoms with Crippen LogP contribution in [0.4, 0.5) is 0 Å². The van der Waals surface area contributed by atoms with Gasteiger partial charge in [-0.2, -0.15) is 0 Å². The summed E-state index contributed by atoms with van der Waals surface area (Å²) < 4.78 is 5.70. The van der Waals surface area contributed by atoms with Crippen LogP contribution in [0.25, 0.3) is 0 Å². The van der Waals surface area contributed by atoms with Crippen molar-refractivity contribution in [3.63, 3.8) is 0 Å². The van der Waals surface area contributed by atoms with Crippen LogP contribution in [-0.2, 0) is 4.79 Å². The van der Waals surface area contributed by atoms with Gasteiger partial charge < -0.3 is 20.3 Å². The maximum absolute atomic E-state index is 12.7. The van der Waals surface area contributed by atoms with Crippen LogP contribution in [0.1, 0.15) is 32.6 Å². The van der Waals surface area contributed by atoms with E-state index < -0.39 is 0 Å². The SMILES string of the molecule is CCNC(=NCC1(C(=O)N(C)C)CCCC1)NCCOc1ccccc1. The number of ether oxygens (including phenoxy) is 1. The van der Waals surface area contributed by atoms with E-state index in [0.29, 0.717) is 19.7 Å². The van der Waals surface area contributed by atoms with Crippen LogP contribution in [0.5, 0.6) is 5.75 Å². The molecule has 144 valence electrons. The predicted octanol–water partition coefficient (Wildman–Crippen LogP) is 2.27. The third kappa shape index (κ3) is 5.64. The molecule has 1 fully saturated rings. The number of nitrogens with zero attached hydrogens (tertiary/aromatic N) is 2. The summed E-state index contributed by atoms with van der Waals surface area (Å²) in [6, 6.07) is 9.76. The number of hydrogen-bond acceptors (Lipinski definition) is 3. The Labute approximate surface area is 157 Å². The summed E-state index contributed by atoms with van der Waals surface area (Å²) in [5, 5.41) is 6.54. The van der Waals surface area contributed by atoms with Gasteiger partial charge in [-0.05, 0) is 31.9 Å². The number of para-hydroxylation sites is 1. The highest BCUT2D eigenvalue weighted by molar-refractivity contribution is 5.84. The fourth-order valence-electron chi connectivity index (χ4n) is 3.39. The second kappa shape index (κ2) is 10.0. The molecule has 2 N–H and O–H groups in total. The van der Waals surface area contributed by atoms with Gasteiger partial charge in [0, 0.05) is 20.6 Å². The van der Waals surface area contributed by atoms with Crippen molar-refractivity contribution in [1.29, 1.82) is 0 Å². The molecular formula is C20H32N4O2. The molecule has 1 aromatic rings. The summed E-state index contributed by atoms with van der Waals surface area (Å²) in [7, 11) is 3.66. The number of guanidine groups is 1. The molecule has 6 heteroatoms. The standard InChI is InChI=1S/C20H32N4O2/c1-4-21-19(22-14-15-26-17-10-6-5-7-11-17)23-16-20(12-8-9-13-20)18(25)24(2)3/h5-7,10-11H,4,8-9,12-16H2,1-3H3,(H2,21,22,23). The second-order valence-corrected chi connectivity index (χ2v) is 6.97. The number of carbonyl (C=O) groups is 1. The van der Waals surface area contributed by atoms with Gasteiger partial charge in [0.25, 0.3) is 0 Å². The molecule has 0 spiro atoms. The van der Waals surface area contributed by atoms with E-state index in [0.717, 1.165) is 43.9 Å². The average Bonchev–Trinajstić information content (AvgIpc) is 3.13. The van der Waals surface area contributed by atoms with Gasteiger partial charge in [-0.25, -0.2) is 0 Å². The maximum Gasteiger partial charge on any atom is 0.230 e. The Morgan fingerprint density at radius 2 is 1.88 bits per heavy atom. The summed E-state index contributed by atoms with van der Waals surface area (Å²) in [5.74, 6) is 1.79. The number of benzene rings is 1. The quantitative estimate of drug-likeness (QED) is 0.424. The molecule has 1 amide bonds. The van der Waals surface area contributed by atoms with Gasteiger partial charge in [-0.1, -0.05) is 31.0 Å². The fraction of sp³-hybridized carbons (Fsp3) is 0.600. The van der Waals surface area contributed by atoms with Crippen molar-refractivity contribution in [3.05, 3.63) is 30.3 Å². The molecule has 0 atom stereocenters. The van der Waals surface area contributed by atoms with Crippen LogP contribution in [0, 0.1) is 5.41 Å². The normalized spacial score (nSPS) is 16.2. The third-order valence-corrected chi connectivity index (χ3v) is 4.71. The highest BCUT2D eigenvalue weighted by Crippen LogP contribution is 2.39. The number of aliphatic imine (C=N–C) groups is 1. The molecule has 0 heterocycles. The number of carbonyl (C=O) groups excluding carboxylic acids is 1. The molecule has 0 radical (unpaired) electrons. The second-order valence-electron chi connectivity index (χ2n) is 6.97. The third-order valence-electron chi connectivity index (χ3n) is 4.71. The average molecular weight is 361 g/mol.